The molecule has 4 nitrogen and oxygen atoms in total. The fourth-order valence-electron chi connectivity index (χ4n) is 2.66. The molecular weight excluding hydrogens is 238 g/mol. The van der Waals surface area contributed by atoms with E-state index in [-0.39, 0.29) is 12.1 Å². The highest BCUT2D eigenvalue weighted by Gasteiger charge is 2.29. The van der Waals surface area contributed by atoms with Crippen LogP contribution in [0.25, 0.3) is 0 Å². The van der Waals surface area contributed by atoms with Crippen LogP contribution >= 0.6 is 0 Å². The van der Waals surface area contributed by atoms with Gasteiger partial charge in [-0.15, -0.1) is 0 Å². The highest BCUT2D eigenvalue weighted by molar-refractivity contribution is 5.52. The number of anilines is 1. The van der Waals surface area contributed by atoms with E-state index >= 15 is 0 Å². The first-order valence-electron chi connectivity index (χ1n) is 7.31. The standard InChI is InChI=1S/C15H27N3O/c1-10(2)18-14(13(16)11(3)17-18)19-12-6-8-15(4,5)9-7-12/h10,12H,6-9,16H2,1-5H3. The number of hydrogen-bond acceptors (Lipinski definition) is 3. The van der Waals surface area contributed by atoms with E-state index < -0.39 is 0 Å². The highest BCUT2D eigenvalue weighted by atomic mass is 16.5. The molecule has 0 unspecified atom stereocenters. The molecule has 0 aromatic carbocycles. The first kappa shape index (κ1) is 14.2. The molecule has 0 atom stereocenters. The fourth-order valence-corrected chi connectivity index (χ4v) is 2.66. The Balaban J connectivity index is 2.11. The van der Waals surface area contributed by atoms with Crippen LogP contribution < -0.4 is 10.5 Å². The van der Waals surface area contributed by atoms with E-state index in [4.69, 9.17) is 10.5 Å². The van der Waals surface area contributed by atoms with Gasteiger partial charge in [0.1, 0.15) is 11.8 Å². The first-order chi connectivity index (χ1) is 8.80. The number of nitrogen functional groups attached to an aromatic ring is 1. The lowest BCUT2D eigenvalue weighted by Gasteiger charge is -2.34. The van der Waals surface area contributed by atoms with Gasteiger partial charge in [-0.05, 0) is 51.9 Å². The molecule has 1 aliphatic carbocycles. The average molecular weight is 265 g/mol. The summed E-state index contributed by atoms with van der Waals surface area (Å²) in [4.78, 5) is 0. The van der Waals surface area contributed by atoms with Gasteiger partial charge in [-0.25, -0.2) is 4.68 Å². The topological polar surface area (TPSA) is 53.1 Å². The summed E-state index contributed by atoms with van der Waals surface area (Å²) in [6.07, 6.45) is 4.92. The van der Waals surface area contributed by atoms with Crippen molar-refractivity contribution in [1.29, 1.82) is 0 Å². The van der Waals surface area contributed by atoms with Crippen molar-refractivity contribution < 1.29 is 4.74 Å². The Labute approximate surface area is 116 Å². The van der Waals surface area contributed by atoms with Gasteiger partial charge in [0.05, 0.1) is 11.7 Å². The lowest BCUT2D eigenvalue weighted by atomic mass is 9.76. The minimum absolute atomic E-state index is 0.269. The maximum Gasteiger partial charge on any atom is 0.236 e. The number of nitrogens with zero attached hydrogens (tertiary/aromatic N) is 2. The van der Waals surface area contributed by atoms with Crippen LogP contribution in [0.1, 0.15) is 65.1 Å². The zero-order valence-electron chi connectivity index (χ0n) is 12.9. The van der Waals surface area contributed by atoms with Crippen molar-refractivity contribution in [1.82, 2.24) is 9.78 Å². The van der Waals surface area contributed by atoms with Crippen LogP contribution in [-0.4, -0.2) is 15.9 Å². The van der Waals surface area contributed by atoms with E-state index in [1.807, 2.05) is 11.6 Å². The summed E-state index contributed by atoms with van der Waals surface area (Å²) in [5, 5.41) is 4.47. The van der Waals surface area contributed by atoms with Crippen molar-refractivity contribution in [2.75, 3.05) is 5.73 Å². The molecule has 108 valence electrons. The van der Waals surface area contributed by atoms with Crippen LogP contribution in [0.3, 0.4) is 0 Å². The van der Waals surface area contributed by atoms with Crippen LogP contribution in [0.2, 0.25) is 0 Å². The SMILES string of the molecule is Cc1nn(C(C)C)c(OC2CCC(C)(C)CC2)c1N. The average Bonchev–Trinajstić information content (AvgIpc) is 2.60. The molecule has 1 aliphatic rings. The van der Waals surface area contributed by atoms with Crippen molar-refractivity contribution in [3.8, 4) is 5.88 Å². The third-order valence-corrected chi connectivity index (χ3v) is 4.14. The molecule has 19 heavy (non-hydrogen) atoms. The quantitative estimate of drug-likeness (QED) is 0.906. The van der Waals surface area contributed by atoms with Crippen LogP contribution in [0.15, 0.2) is 0 Å². The van der Waals surface area contributed by atoms with Gasteiger partial charge in [-0.2, -0.15) is 5.10 Å². The molecule has 4 heteroatoms. The smallest absolute Gasteiger partial charge is 0.236 e. The van der Waals surface area contributed by atoms with E-state index in [2.05, 4.69) is 32.8 Å². The lowest BCUT2D eigenvalue weighted by molar-refractivity contribution is 0.0895. The van der Waals surface area contributed by atoms with Gasteiger partial charge in [0, 0.05) is 0 Å². The molecule has 0 amide bonds. The molecule has 2 N–H and O–H groups in total. The van der Waals surface area contributed by atoms with Gasteiger partial charge in [-0.3, -0.25) is 0 Å². The predicted molar refractivity (Wildman–Crippen MR) is 78.4 cm³/mol. The Hall–Kier alpha value is -1.19. The van der Waals surface area contributed by atoms with Crippen LogP contribution in [0, 0.1) is 12.3 Å². The molecule has 2 rings (SSSR count). The molecule has 1 aromatic rings. The Bertz CT molecular complexity index is 438. The molecule has 0 radical (unpaired) electrons. The monoisotopic (exact) mass is 265 g/mol. The van der Waals surface area contributed by atoms with Gasteiger partial charge < -0.3 is 10.5 Å². The second kappa shape index (κ2) is 5.06. The molecule has 1 heterocycles. The fraction of sp³-hybridized carbons (Fsp3) is 0.800. The van der Waals surface area contributed by atoms with Gasteiger partial charge in [0.2, 0.25) is 5.88 Å². The van der Waals surface area contributed by atoms with Crippen LogP contribution in [-0.2, 0) is 0 Å². The molecule has 0 bridgehead atoms. The van der Waals surface area contributed by atoms with Gasteiger partial charge in [0.25, 0.3) is 0 Å². The Morgan fingerprint density at radius 2 is 1.89 bits per heavy atom. The molecule has 0 spiro atoms. The molecule has 0 aliphatic heterocycles. The van der Waals surface area contributed by atoms with E-state index in [0.717, 1.165) is 24.4 Å². The van der Waals surface area contributed by atoms with Gasteiger partial charge in [-0.1, -0.05) is 13.8 Å². The van der Waals surface area contributed by atoms with Crippen molar-refractivity contribution in [3.63, 3.8) is 0 Å². The largest absolute Gasteiger partial charge is 0.473 e. The van der Waals surface area contributed by atoms with E-state index in [9.17, 15) is 0 Å². The Morgan fingerprint density at radius 3 is 2.42 bits per heavy atom. The number of aryl methyl sites for hydroxylation is 1. The first-order valence-corrected chi connectivity index (χ1v) is 7.31. The van der Waals surface area contributed by atoms with Crippen LogP contribution in [0.5, 0.6) is 5.88 Å². The van der Waals surface area contributed by atoms with Crippen molar-refractivity contribution in [2.24, 2.45) is 5.41 Å². The summed E-state index contributed by atoms with van der Waals surface area (Å²) < 4.78 is 8.08. The van der Waals surface area contributed by atoms with Gasteiger partial charge >= 0.3 is 0 Å². The van der Waals surface area contributed by atoms with Crippen molar-refractivity contribution in [2.45, 2.75) is 72.4 Å². The third-order valence-electron chi connectivity index (χ3n) is 4.14. The minimum Gasteiger partial charge on any atom is -0.473 e. The number of aromatic nitrogens is 2. The maximum atomic E-state index is 6.17. The summed E-state index contributed by atoms with van der Waals surface area (Å²) in [5.41, 5.74) is 8.12. The summed E-state index contributed by atoms with van der Waals surface area (Å²) in [7, 11) is 0. The van der Waals surface area contributed by atoms with Gasteiger partial charge in [0.15, 0.2) is 0 Å². The Morgan fingerprint density at radius 1 is 1.32 bits per heavy atom. The molecule has 1 saturated carbocycles. The third kappa shape index (κ3) is 3.04. The second-order valence-corrected chi connectivity index (χ2v) is 6.82. The van der Waals surface area contributed by atoms with E-state index in [0.29, 0.717) is 11.1 Å². The number of hydrogen-bond donors (Lipinski definition) is 1. The molecule has 0 saturated heterocycles. The lowest BCUT2D eigenvalue weighted by Crippen LogP contribution is -2.29. The summed E-state index contributed by atoms with van der Waals surface area (Å²) in [5.74, 6) is 0.761. The van der Waals surface area contributed by atoms with Crippen molar-refractivity contribution >= 4 is 5.69 Å². The summed E-state index contributed by atoms with van der Waals surface area (Å²) in [6, 6.07) is 0.269. The van der Waals surface area contributed by atoms with E-state index in [1.54, 1.807) is 0 Å². The molecular formula is C15H27N3O. The molecule has 1 fully saturated rings. The number of nitrogens with two attached hydrogens (primary N) is 1. The highest BCUT2D eigenvalue weighted by Crippen LogP contribution is 2.38. The predicted octanol–water partition coefficient (Wildman–Crippen LogP) is 3.70. The maximum absolute atomic E-state index is 6.17. The second-order valence-electron chi connectivity index (χ2n) is 6.82. The number of ether oxygens (including phenoxy) is 1. The molecule has 1 aromatic heterocycles. The minimum atomic E-state index is 0.269. The zero-order valence-corrected chi connectivity index (χ0v) is 12.9. The van der Waals surface area contributed by atoms with E-state index in [1.165, 1.54) is 12.8 Å². The van der Waals surface area contributed by atoms with Crippen molar-refractivity contribution in [3.05, 3.63) is 5.69 Å². The van der Waals surface area contributed by atoms with Crippen LogP contribution in [0.4, 0.5) is 5.69 Å². The Kier molecular flexibility index (Phi) is 3.79. The normalized spacial score (nSPS) is 19.9. The zero-order chi connectivity index (χ0) is 14.2. The number of rotatable bonds is 3. The summed E-state index contributed by atoms with van der Waals surface area (Å²) >= 11 is 0. The summed E-state index contributed by atoms with van der Waals surface area (Å²) in [6.45, 7) is 10.8.